The van der Waals surface area contributed by atoms with E-state index in [4.69, 9.17) is 4.74 Å². The number of benzene rings is 1. The number of carbonyl (C=O) groups excluding carboxylic acids is 1. The second kappa shape index (κ2) is 6.34. The van der Waals surface area contributed by atoms with Gasteiger partial charge in [-0.2, -0.15) is 0 Å². The Morgan fingerprint density at radius 3 is 2.89 bits per heavy atom. The summed E-state index contributed by atoms with van der Waals surface area (Å²) in [7, 11) is 0. The maximum Gasteiger partial charge on any atom is 0.251 e. The second-order valence-corrected chi connectivity index (χ2v) is 5.71. The Kier molecular flexibility index (Phi) is 4.78. The predicted molar refractivity (Wildman–Crippen MR) is 74.8 cm³/mol. The number of hydrogen-bond acceptors (Lipinski definition) is 2. The first kappa shape index (κ1) is 13.6. The molecule has 0 unspecified atom stereocenters. The zero-order chi connectivity index (χ0) is 13.0. The van der Waals surface area contributed by atoms with Crippen molar-refractivity contribution in [3.63, 3.8) is 0 Å². The molecule has 2 rings (SSSR count). The van der Waals surface area contributed by atoms with Crippen molar-refractivity contribution in [1.29, 1.82) is 0 Å². The summed E-state index contributed by atoms with van der Waals surface area (Å²) in [5.74, 6) is 0.725. The van der Waals surface area contributed by atoms with Crippen LogP contribution in [0.2, 0.25) is 0 Å². The first-order valence-electron chi connectivity index (χ1n) is 6.28. The molecular formula is C14H18BrNO2. The minimum Gasteiger partial charge on any atom is -0.379 e. The van der Waals surface area contributed by atoms with Crippen LogP contribution in [0, 0.1) is 12.8 Å². The fraction of sp³-hybridized carbons (Fsp3) is 0.500. The molecule has 1 aromatic rings. The largest absolute Gasteiger partial charge is 0.379 e. The van der Waals surface area contributed by atoms with Gasteiger partial charge < -0.3 is 10.1 Å². The molecule has 0 saturated heterocycles. The first-order chi connectivity index (χ1) is 8.65. The van der Waals surface area contributed by atoms with Gasteiger partial charge in [-0.3, -0.25) is 4.79 Å². The van der Waals surface area contributed by atoms with Crippen molar-refractivity contribution in [1.82, 2.24) is 5.32 Å². The average Bonchev–Trinajstić information content (AvgIpc) is 3.11. The topological polar surface area (TPSA) is 38.3 Å². The van der Waals surface area contributed by atoms with Gasteiger partial charge in [-0.15, -0.1) is 0 Å². The third-order valence-electron chi connectivity index (χ3n) is 2.89. The van der Waals surface area contributed by atoms with E-state index in [0.29, 0.717) is 18.7 Å². The Hall–Kier alpha value is -0.870. The van der Waals surface area contributed by atoms with Gasteiger partial charge in [-0.25, -0.2) is 0 Å². The molecule has 0 aromatic heterocycles. The summed E-state index contributed by atoms with van der Waals surface area (Å²) in [5.41, 5.74) is 1.75. The Balaban J connectivity index is 1.72. The van der Waals surface area contributed by atoms with Gasteiger partial charge in [0, 0.05) is 23.2 Å². The highest BCUT2D eigenvalue weighted by Gasteiger charge is 2.20. The smallest absolute Gasteiger partial charge is 0.251 e. The maximum absolute atomic E-state index is 11.9. The fourth-order valence-corrected chi connectivity index (χ4v) is 2.35. The monoisotopic (exact) mass is 311 g/mol. The third-order valence-corrected chi connectivity index (χ3v) is 3.34. The molecule has 1 saturated carbocycles. The van der Waals surface area contributed by atoms with Crippen LogP contribution in [0.5, 0.6) is 0 Å². The van der Waals surface area contributed by atoms with E-state index in [9.17, 15) is 4.79 Å². The van der Waals surface area contributed by atoms with Crippen molar-refractivity contribution in [3.05, 3.63) is 33.8 Å². The molecule has 0 radical (unpaired) electrons. The molecule has 18 heavy (non-hydrogen) atoms. The first-order valence-corrected chi connectivity index (χ1v) is 7.07. The van der Waals surface area contributed by atoms with Crippen LogP contribution in [-0.2, 0) is 4.74 Å². The maximum atomic E-state index is 11.9. The van der Waals surface area contributed by atoms with Gasteiger partial charge in [0.1, 0.15) is 0 Å². The van der Waals surface area contributed by atoms with Gasteiger partial charge in [-0.1, -0.05) is 15.9 Å². The lowest BCUT2D eigenvalue weighted by Crippen LogP contribution is -2.27. The Morgan fingerprint density at radius 2 is 2.22 bits per heavy atom. The minimum absolute atomic E-state index is 0.0468. The van der Waals surface area contributed by atoms with E-state index >= 15 is 0 Å². The van der Waals surface area contributed by atoms with E-state index in [1.54, 1.807) is 0 Å². The zero-order valence-corrected chi connectivity index (χ0v) is 12.1. The van der Waals surface area contributed by atoms with E-state index in [2.05, 4.69) is 21.2 Å². The summed E-state index contributed by atoms with van der Waals surface area (Å²) in [5, 5.41) is 2.86. The number of aryl methyl sites for hydroxylation is 1. The van der Waals surface area contributed by atoms with Crippen molar-refractivity contribution in [2.24, 2.45) is 5.92 Å². The van der Waals surface area contributed by atoms with Crippen LogP contribution < -0.4 is 5.32 Å². The van der Waals surface area contributed by atoms with E-state index in [-0.39, 0.29) is 5.91 Å². The van der Waals surface area contributed by atoms with Crippen LogP contribution in [0.25, 0.3) is 0 Å². The molecule has 0 bridgehead atoms. The third kappa shape index (κ3) is 4.42. The summed E-state index contributed by atoms with van der Waals surface area (Å²) >= 11 is 3.39. The lowest BCUT2D eigenvalue weighted by Gasteiger charge is -2.07. The number of ether oxygens (including phenoxy) is 1. The highest BCUT2D eigenvalue weighted by atomic mass is 79.9. The second-order valence-electron chi connectivity index (χ2n) is 4.79. The molecule has 0 heterocycles. The Labute approximate surface area is 116 Å². The van der Waals surface area contributed by atoms with Crippen molar-refractivity contribution in [2.75, 3.05) is 19.8 Å². The van der Waals surface area contributed by atoms with E-state index < -0.39 is 0 Å². The molecule has 0 spiro atoms. The molecule has 3 nitrogen and oxygen atoms in total. The predicted octanol–water partition coefficient (Wildman–Crippen LogP) is 2.91. The van der Waals surface area contributed by atoms with E-state index in [0.717, 1.165) is 22.6 Å². The lowest BCUT2D eigenvalue weighted by atomic mass is 10.1. The zero-order valence-electron chi connectivity index (χ0n) is 10.5. The summed E-state index contributed by atoms with van der Waals surface area (Å²) in [6.07, 6.45) is 2.59. The van der Waals surface area contributed by atoms with Gasteiger partial charge in [0.25, 0.3) is 5.91 Å². The molecule has 1 aliphatic rings. The molecule has 1 fully saturated rings. The molecule has 4 heteroatoms. The number of halogens is 1. The molecule has 1 amide bonds. The number of hydrogen-bond donors (Lipinski definition) is 1. The molecular weight excluding hydrogens is 294 g/mol. The SMILES string of the molecule is Cc1cc(Br)cc(C(=O)NCCOCC2CC2)c1. The lowest BCUT2D eigenvalue weighted by molar-refractivity contribution is 0.0906. The van der Waals surface area contributed by atoms with Crippen LogP contribution in [0.15, 0.2) is 22.7 Å². The Morgan fingerprint density at radius 1 is 1.44 bits per heavy atom. The van der Waals surface area contributed by atoms with Crippen LogP contribution in [-0.4, -0.2) is 25.7 Å². The number of carbonyl (C=O) groups is 1. The fourth-order valence-electron chi connectivity index (χ4n) is 1.74. The molecule has 0 atom stereocenters. The van der Waals surface area contributed by atoms with Crippen molar-refractivity contribution in [3.8, 4) is 0 Å². The quantitative estimate of drug-likeness (QED) is 0.820. The van der Waals surface area contributed by atoms with Crippen molar-refractivity contribution < 1.29 is 9.53 Å². The minimum atomic E-state index is -0.0468. The standard InChI is InChI=1S/C14H18BrNO2/c1-10-6-12(8-13(15)7-10)14(17)16-4-5-18-9-11-2-3-11/h6-8,11H,2-5,9H2,1H3,(H,16,17). The van der Waals surface area contributed by atoms with Crippen molar-refractivity contribution >= 4 is 21.8 Å². The highest BCUT2D eigenvalue weighted by molar-refractivity contribution is 9.10. The van der Waals surface area contributed by atoms with Crippen LogP contribution in [0.1, 0.15) is 28.8 Å². The van der Waals surface area contributed by atoms with Gasteiger partial charge in [-0.05, 0) is 49.4 Å². The Bertz CT molecular complexity index is 410. The van der Waals surface area contributed by atoms with E-state index in [1.807, 2.05) is 25.1 Å². The average molecular weight is 312 g/mol. The molecule has 98 valence electrons. The van der Waals surface area contributed by atoms with Gasteiger partial charge in [0.15, 0.2) is 0 Å². The summed E-state index contributed by atoms with van der Waals surface area (Å²) < 4.78 is 6.40. The molecule has 1 aromatic carbocycles. The van der Waals surface area contributed by atoms with Gasteiger partial charge in [0.05, 0.1) is 6.61 Å². The van der Waals surface area contributed by atoms with E-state index in [1.165, 1.54) is 12.8 Å². The van der Waals surface area contributed by atoms with Gasteiger partial charge >= 0.3 is 0 Å². The summed E-state index contributed by atoms with van der Waals surface area (Å²) in [6.45, 7) is 3.97. The summed E-state index contributed by atoms with van der Waals surface area (Å²) in [4.78, 5) is 11.9. The van der Waals surface area contributed by atoms with Crippen LogP contribution in [0.4, 0.5) is 0 Å². The van der Waals surface area contributed by atoms with Crippen molar-refractivity contribution in [2.45, 2.75) is 19.8 Å². The summed E-state index contributed by atoms with van der Waals surface area (Å²) in [6, 6.07) is 5.69. The molecule has 1 N–H and O–H groups in total. The number of amides is 1. The number of rotatable bonds is 6. The molecule has 1 aliphatic carbocycles. The van der Waals surface area contributed by atoms with Crippen LogP contribution >= 0.6 is 15.9 Å². The number of nitrogens with one attached hydrogen (secondary N) is 1. The normalized spacial score (nSPS) is 14.6. The van der Waals surface area contributed by atoms with Gasteiger partial charge in [0.2, 0.25) is 0 Å². The molecule has 0 aliphatic heterocycles. The van der Waals surface area contributed by atoms with Crippen LogP contribution in [0.3, 0.4) is 0 Å². The highest BCUT2D eigenvalue weighted by Crippen LogP contribution is 2.28.